The Labute approximate surface area is 128 Å². The average molecular weight is 300 g/mol. The van der Waals surface area contributed by atoms with Gasteiger partial charge in [0.05, 0.1) is 6.04 Å². The molecule has 5 nitrogen and oxygen atoms in total. The smallest absolute Gasteiger partial charge is 0.303 e. The van der Waals surface area contributed by atoms with Crippen molar-refractivity contribution in [2.75, 3.05) is 6.54 Å². The summed E-state index contributed by atoms with van der Waals surface area (Å²) < 4.78 is 0. The summed E-state index contributed by atoms with van der Waals surface area (Å²) >= 11 is 0. The first kappa shape index (κ1) is 19.9. The SMILES string of the molecule is CC[C@H](C)[C@H](C)[C@@H](C)[C@H](C)CNC(=O)[C@@H](N)CCC(=O)O. The van der Waals surface area contributed by atoms with Crippen molar-refractivity contribution in [2.24, 2.45) is 29.4 Å². The summed E-state index contributed by atoms with van der Waals surface area (Å²) in [6, 6.07) is -0.740. The van der Waals surface area contributed by atoms with E-state index in [1.807, 2.05) is 0 Å². The lowest BCUT2D eigenvalue weighted by Gasteiger charge is -2.30. The molecule has 0 aliphatic rings. The molecule has 124 valence electrons. The molecular formula is C16H32N2O3. The number of rotatable bonds is 10. The number of hydrogen-bond donors (Lipinski definition) is 3. The molecule has 0 aliphatic carbocycles. The highest BCUT2D eigenvalue weighted by molar-refractivity contribution is 5.82. The van der Waals surface area contributed by atoms with E-state index in [9.17, 15) is 9.59 Å². The zero-order chi connectivity index (χ0) is 16.6. The Hall–Kier alpha value is -1.10. The minimum absolute atomic E-state index is 0.0778. The molecule has 0 aromatic carbocycles. The fraction of sp³-hybridized carbons (Fsp3) is 0.875. The number of hydrogen-bond acceptors (Lipinski definition) is 3. The fourth-order valence-corrected chi connectivity index (χ4v) is 2.40. The molecule has 0 radical (unpaired) electrons. The maximum absolute atomic E-state index is 11.8. The van der Waals surface area contributed by atoms with Gasteiger partial charge in [-0.05, 0) is 30.1 Å². The second-order valence-electron chi connectivity index (χ2n) is 6.37. The number of carbonyl (C=O) groups excluding carboxylic acids is 1. The number of nitrogens with one attached hydrogen (secondary N) is 1. The molecule has 0 aromatic heterocycles. The Balaban J connectivity index is 4.19. The van der Waals surface area contributed by atoms with E-state index in [-0.39, 0.29) is 18.7 Å². The Bertz CT molecular complexity index is 333. The Morgan fingerprint density at radius 1 is 1.10 bits per heavy atom. The van der Waals surface area contributed by atoms with Gasteiger partial charge in [0.15, 0.2) is 0 Å². The standard InChI is InChI=1S/C16H32N2O3/c1-6-10(2)12(4)13(5)11(3)9-18-16(21)14(17)7-8-15(19)20/h10-14H,6-9,17H2,1-5H3,(H,18,21)(H,19,20)/t10-,11+,12-,13-,14-/m0/s1. The van der Waals surface area contributed by atoms with Crippen LogP contribution < -0.4 is 11.1 Å². The normalized spacial score (nSPS) is 18.4. The van der Waals surface area contributed by atoms with Crippen molar-refractivity contribution in [1.29, 1.82) is 0 Å². The van der Waals surface area contributed by atoms with Crippen LogP contribution in [0.4, 0.5) is 0 Å². The predicted octanol–water partition coefficient (Wildman–Crippen LogP) is 2.25. The maximum atomic E-state index is 11.8. The molecule has 5 atom stereocenters. The summed E-state index contributed by atoms with van der Waals surface area (Å²) in [6.45, 7) is 11.7. The van der Waals surface area contributed by atoms with Gasteiger partial charge < -0.3 is 16.2 Å². The van der Waals surface area contributed by atoms with Gasteiger partial charge in [-0.1, -0.05) is 41.0 Å². The molecule has 0 fully saturated rings. The van der Waals surface area contributed by atoms with Crippen LogP contribution in [0.3, 0.4) is 0 Å². The fourth-order valence-electron chi connectivity index (χ4n) is 2.40. The Kier molecular flexibility index (Phi) is 9.26. The number of carboxylic acids is 1. The van der Waals surface area contributed by atoms with Gasteiger partial charge in [0.2, 0.25) is 5.91 Å². The average Bonchev–Trinajstić information content (AvgIpc) is 2.46. The van der Waals surface area contributed by atoms with E-state index in [4.69, 9.17) is 10.8 Å². The first-order valence-electron chi connectivity index (χ1n) is 7.95. The summed E-state index contributed by atoms with van der Waals surface area (Å²) in [4.78, 5) is 22.3. The van der Waals surface area contributed by atoms with Crippen LogP contribution in [-0.4, -0.2) is 29.6 Å². The van der Waals surface area contributed by atoms with Gasteiger partial charge in [0.1, 0.15) is 0 Å². The van der Waals surface area contributed by atoms with Gasteiger partial charge in [0.25, 0.3) is 0 Å². The third kappa shape index (κ3) is 7.46. The molecule has 0 saturated carbocycles. The third-order valence-corrected chi connectivity index (χ3v) is 4.87. The maximum Gasteiger partial charge on any atom is 0.303 e. The van der Waals surface area contributed by atoms with Crippen LogP contribution in [0.25, 0.3) is 0 Å². The number of aliphatic carboxylic acids is 1. The van der Waals surface area contributed by atoms with Crippen LogP contribution in [0, 0.1) is 23.7 Å². The Morgan fingerprint density at radius 2 is 1.62 bits per heavy atom. The zero-order valence-corrected chi connectivity index (χ0v) is 14.1. The van der Waals surface area contributed by atoms with Gasteiger partial charge in [-0.3, -0.25) is 9.59 Å². The van der Waals surface area contributed by atoms with E-state index in [2.05, 4.69) is 39.9 Å². The minimum Gasteiger partial charge on any atom is -0.481 e. The van der Waals surface area contributed by atoms with Crippen molar-refractivity contribution >= 4 is 11.9 Å². The highest BCUT2D eigenvalue weighted by atomic mass is 16.4. The lowest BCUT2D eigenvalue weighted by molar-refractivity contribution is -0.137. The van der Waals surface area contributed by atoms with Crippen LogP contribution in [0.2, 0.25) is 0 Å². The largest absolute Gasteiger partial charge is 0.481 e. The van der Waals surface area contributed by atoms with Crippen LogP contribution >= 0.6 is 0 Å². The molecule has 0 rings (SSSR count). The second kappa shape index (κ2) is 9.77. The van der Waals surface area contributed by atoms with E-state index < -0.39 is 12.0 Å². The molecule has 5 heteroatoms. The molecule has 0 unspecified atom stereocenters. The van der Waals surface area contributed by atoms with Crippen molar-refractivity contribution < 1.29 is 14.7 Å². The van der Waals surface area contributed by atoms with Crippen molar-refractivity contribution in [3.8, 4) is 0 Å². The summed E-state index contributed by atoms with van der Waals surface area (Å²) in [5, 5.41) is 11.4. The molecule has 0 bridgehead atoms. The van der Waals surface area contributed by atoms with Crippen molar-refractivity contribution in [1.82, 2.24) is 5.32 Å². The third-order valence-electron chi connectivity index (χ3n) is 4.87. The van der Waals surface area contributed by atoms with Gasteiger partial charge in [-0.15, -0.1) is 0 Å². The van der Waals surface area contributed by atoms with E-state index in [1.165, 1.54) is 0 Å². The lowest BCUT2D eigenvalue weighted by atomic mass is 9.77. The molecule has 21 heavy (non-hydrogen) atoms. The van der Waals surface area contributed by atoms with Crippen molar-refractivity contribution in [3.63, 3.8) is 0 Å². The molecule has 0 aliphatic heterocycles. The van der Waals surface area contributed by atoms with Crippen molar-refractivity contribution in [3.05, 3.63) is 0 Å². The van der Waals surface area contributed by atoms with Gasteiger partial charge in [-0.25, -0.2) is 0 Å². The first-order valence-corrected chi connectivity index (χ1v) is 7.95. The lowest BCUT2D eigenvalue weighted by Crippen LogP contribution is -2.43. The van der Waals surface area contributed by atoms with Crippen LogP contribution in [-0.2, 0) is 9.59 Å². The summed E-state index contributed by atoms with van der Waals surface area (Å²) in [5.74, 6) is 0.952. The monoisotopic (exact) mass is 300 g/mol. The quantitative estimate of drug-likeness (QED) is 0.577. The Morgan fingerprint density at radius 3 is 2.10 bits per heavy atom. The summed E-state index contributed by atoms with van der Waals surface area (Å²) in [7, 11) is 0. The zero-order valence-electron chi connectivity index (χ0n) is 14.1. The van der Waals surface area contributed by atoms with E-state index in [0.29, 0.717) is 30.2 Å². The molecule has 0 saturated heterocycles. The van der Waals surface area contributed by atoms with E-state index >= 15 is 0 Å². The summed E-state index contributed by atoms with van der Waals surface area (Å²) in [5.41, 5.74) is 5.68. The predicted molar refractivity (Wildman–Crippen MR) is 84.8 cm³/mol. The van der Waals surface area contributed by atoms with Crippen molar-refractivity contribution in [2.45, 2.75) is 59.9 Å². The topological polar surface area (TPSA) is 92.4 Å². The molecule has 4 N–H and O–H groups in total. The summed E-state index contributed by atoms with van der Waals surface area (Å²) in [6.07, 6.45) is 1.25. The second-order valence-corrected chi connectivity index (χ2v) is 6.37. The number of carboxylic acid groups (broad SMARTS) is 1. The van der Waals surface area contributed by atoms with Gasteiger partial charge in [-0.2, -0.15) is 0 Å². The number of nitrogens with two attached hydrogens (primary N) is 1. The number of carbonyl (C=O) groups is 2. The van der Waals surface area contributed by atoms with Crippen LogP contribution in [0.1, 0.15) is 53.9 Å². The van der Waals surface area contributed by atoms with Gasteiger partial charge in [0, 0.05) is 13.0 Å². The molecule has 0 heterocycles. The van der Waals surface area contributed by atoms with E-state index in [1.54, 1.807) is 0 Å². The highest BCUT2D eigenvalue weighted by Gasteiger charge is 2.24. The molecule has 0 spiro atoms. The van der Waals surface area contributed by atoms with Crippen LogP contribution in [0.5, 0.6) is 0 Å². The van der Waals surface area contributed by atoms with Gasteiger partial charge >= 0.3 is 5.97 Å². The van der Waals surface area contributed by atoms with E-state index in [0.717, 1.165) is 6.42 Å². The molecular weight excluding hydrogens is 268 g/mol. The first-order chi connectivity index (χ1) is 9.70. The van der Waals surface area contributed by atoms with Crippen LogP contribution in [0.15, 0.2) is 0 Å². The number of amides is 1. The molecule has 1 amide bonds. The minimum atomic E-state index is -0.928. The highest BCUT2D eigenvalue weighted by Crippen LogP contribution is 2.28. The molecule has 0 aromatic rings.